The summed E-state index contributed by atoms with van der Waals surface area (Å²) >= 11 is 0. The minimum Gasteiger partial charge on any atom is -0.496 e. The number of ether oxygens (including phenoxy) is 1. The first-order valence-electron chi connectivity index (χ1n) is 7.22. The lowest BCUT2D eigenvalue weighted by Crippen LogP contribution is -2.29. The number of para-hydroxylation sites is 1. The molecule has 0 bridgehead atoms. The number of nitrogens with one attached hydrogen (secondary N) is 1. The van der Waals surface area contributed by atoms with Crippen LogP contribution >= 0.6 is 0 Å². The Morgan fingerprint density at radius 1 is 1.28 bits per heavy atom. The minimum absolute atomic E-state index is 0.107. The van der Waals surface area contributed by atoms with E-state index in [4.69, 9.17) is 9.26 Å². The summed E-state index contributed by atoms with van der Waals surface area (Å²) in [7, 11) is -2.20. The van der Waals surface area contributed by atoms with Crippen molar-refractivity contribution in [3.05, 3.63) is 41.6 Å². The van der Waals surface area contributed by atoms with Gasteiger partial charge in [-0.05, 0) is 25.1 Å². The zero-order valence-electron chi connectivity index (χ0n) is 13.7. The molecule has 1 aromatic carbocycles. The fraction of sp³-hybridized carbons (Fsp3) is 0.188. The Morgan fingerprint density at radius 2 is 2.00 bits per heavy atom. The van der Waals surface area contributed by atoms with Crippen LogP contribution in [0.4, 0.5) is 0 Å². The van der Waals surface area contributed by atoms with Crippen LogP contribution in [-0.2, 0) is 10.0 Å². The van der Waals surface area contributed by atoms with Crippen molar-refractivity contribution in [2.75, 3.05) is 13.4 Å². The molecule has 0 atom stereocenters. The molecule has 0 saturated heterocycles. The molecule has 2 heterocycles. The van der Waals surface area contributed by atoms with Crippen LogP contribution in [0.1, 0.15) is 16.1 Å². The van der Waals surface area contributed by atoms with E-state index in [1.54, 1.807) is 31.2 Å². The topological polar surface area (TPSA) is 111 Å². The van der Waals surface area contributed by atoms with Crippen molar-refractivity contribution in [1.29, 1.82) is 0 Å². The van der Waals surface area contributed by atoms with Crippen LogP contribution in [0, 0.1) is 6.92 Å². The summed E-state index contributed by atoms with van der Waals surface area (Å²) < 4.78 is 35.3. The number of sulfonamides is 1. The first-order chi connectivity index (χ1) is 11.8. The highest BCUT2D eigenvalue weighted by Gasteiger charge is 2.22. The van der Waals surface area contributed by atoms with Crippen molar-refractivity contribution in [1.82, 2.24) is 14.9 Å². The van der Waals surface area contributed by atoms with Gasteiger partial charge in [0, 0.05) is 5.56 Å². The number of aryl methyl sites for hydroxylation is 1. The van der Waals surface area contributed by atoms with Crippen LogP contribution in [0.25, 0.3) is 22.4 Å². The van der Waals surface area contributed by atoms with Crippen molar-refractivity contribution in [3.8, 4) is 17.0 Å². The van der Waals surface area contributed by atoms with Crippen LogP contribution < -0.4 is 9.46 Å². The SMILES string of the molecule is COc1ccccc1-c1cc(C(=O)NS(C)(=O)=O)c2c(C)noc2n1. The summed E-state index contributed by atoms with van der Waals surface area (Å²) in [6.45, 7) is 1.65. The molecule has 9 heteroatoms. The van der Waals surface area contributed by atoms with E-state index < -0.39 is 15.9 Å². The number of benzene rings is 1. The lowest BCUT2D eigenvalue weighted by Gasteiger charge is -2.10. The van der Waals surface area contributed by atoms with E-state index in [2.05, 4.69) is 10.1 Å². The van der Waals surface area contributed by atoms with E-state index >= 15 is 0 Å². The van der Waals surface area contributed by atoms with E-state index in [0.29, 0.717) is 28.1 Å². The van der Waals surface area contributed by atoms with E-state index in [1.165, 1.54) is 13.2 Å². The Hall–Kier alpha value is -2.94. The van der Waals surface area contributed by atoms with E-state index in [-0.39, 0.29) is 11.3 Å². The summed E-state index contributed by atoms with van der Waals surface area (Å²) in [4.78, 5) is 16.8. The lowest BCUT2D eigenvalue weighted by atomic mass is 10.0. The van der Waals surface area contributed by atoms with Gasteiger partial charge in [0.25, 0.3) is 11.6 Å². The van der Waals surface area contributed by atoms with Gasteiger partial charge in [-0.2, -0.15) is 0 Å². The third-order valence-electron chi connectivity index (χ3n) is 3.52. The Kier molecular flexibility index (Phi) is 4.17. The van der Waals surface area contributed by atoms with Crippen LogP contribution in [0.2, 0.25) is 0 Å². The number of hydrogen-bond donors (Lipinski definition) is 1. The zero-order chi connectivity index (χ0) is 18.2. The summed E-state index contributed by atoms with van der Waals surface area (Å²) in [6.07, 6.45) is 0.908. The monoisotopic (exact) mass is 361 g/mol. The molecule has 3 rings (SSSR count). The molecule has 0 aliphatic carbocycles. The maximum atomic E-state index is 12.4. The average molecular weight is 361 g/mol. The summed E-state index contributed by atoms with van der Waals surface area (Å²) in [6, 6.07) is 8.62. The second-order valence-corrected chi connectivity index (χ2v) is 7.16. The molecular weight excluding hydrogens is 346 g/mol. The highest BCUT2D eigenvalue weighted by atomic mass is 32.2. The average Bonchev–Trinajstić information content (AvgIpc) is 2.93. The van der Waals surface area contributed by atoms with Crippen molar-refractivity contribution < 1.29 is 22.5 Å². The number of nitrogens with zero attached hydrogens (tertiary/aromatic N) is 2. The number of carbonyl (C=O) groups is 1. The highest BCUT2D eigenvalue weighted by molar-refractivity contribution is 7.89. The molecule has 3 aromatic rings. The maximum Gasteiger partial charge on any atom is 0.265 e. The molecule has 2 aromatic heterocycles. The molecule has 0 aliphatic heterocycles. The van der Waals surface area contributed by atoms with Gasteiger partial charge >= 0.3 is 0 Å². The number of fused-ring (bicyclic) bond motifs is 1. The molecule has 0 radical (unpaired) electrons. The highest BCUT2D eigenvalue weighted by Crippen LogP contribution is 2.32. The van der Waals surface area contributed by atoms with Gasteiger partial charge in [-0.15, -0.1) is 0 Å². The molecule has 1 amide bonds. The van der Waals surface area contributed by atoms with Gasteiger partial charge in [-0.3, -0.25) is 4.79 Å². The van der Waals surface area contributed by atoms with Gasteiger partial charge in [0.15, 0.2) is 0 Å². The number of amides is 1. The number of aromatic nitrogens is 2. The molecule has 130 valence electrons. The fourth-order valence-corrected chi connectivity index (χ4v) is 2.94. The fourth-order valence-electron chi connectivity index (χ4n) is 2.49. The second-order valence-electron chi connectivity index (χ2n) is 5.41. The molecule has 25 heavy (non-hydrogen) atoms. The standard InChI is InChI=1S/C16H15N3O5S/c1-9-14-11(15(20)19-25(3,21)22)8-12(17-16(14)24-18-9)10-6-4-5-7-13(10)23-2/h4-8H,1-3H3,(H,19,20). The van der Waals surface area contributed by atoms with Gasteiger partial charge in [0.05, 0.1) is 35.7 Å². The van der Waals surface area contributed by atoms with Crippen molar-refractivity contribution >= 4 is 27.0 Å². The molecule has 0 fully saturated rings. The van der Waals surface area contributed by atoms with Gasteiger partial charge in [-0.25, -0.2) is 18.1 Å². The Balaban J connectivity index is 2.25. The lowest BCUT2D eigenvalue weighted by molar-refractivity contribution is 0.0983. The first kappa shape index (κ1) is 16.9. The predicted octanol–water partition coefficient (Wildman–Crippen LogP) is 1.90. The Labute approximate surface area is 143 Å². The zero-order valence-corrected chi connectivity index (χ0v) is 14.5. The van der Waals surface area contributed by atoms with Crippen LogP contribution in [0.5, 0.6) is 5.75 Å². The molecule has 1 N–H and O–H groups in total. The molecule has 8 nitrogen and oxygen atoms in total. The number of pyridine rings is 1. The number of hydrogen-bond acceptors (Lipinski definition) is 7. The number of rotatable bonds is 4. The van der Waals surface area contributed by atoms with Gasteiger partial charge < -0.3 is 9.26 Å². The Bertz CT molecular complexity index is 1070. The molecule has 0 aliphatic rings. The third-order valence-corrected chi connectivity index (χ3v) is 4.08. The minimum atomic E-state index is -3.72. The molecular formula is C16H15N3O5S. The van der Waals surface area contributed by atoms with Gasteiger partial charge in [0.2, 0.25) is 10.0 Å². The molecule has 0 spiro atoms. The van der Waals surface area contributed by atoms with Crippen molar-refractivity contribution in [2.24, 2.45) is 0 Å². The van der Waals surface area contributed by atoms with Crippen LogP contribution in [-0.4, -0.2) is 37.8 Å². The third kappa shape index (κ3) is 3.31. The number of carbonyl (C=O) groups excluding carboxylic acids is 1. The van der Waals surface area contributed by atoms with Gasteiger partial charge in [0.1, 0.15) is 5.75 Å². The van der Waals surface area contributed by atoms with Crippen LogP contribution in [0.15, 0.2) is 34.9 Å². The number of methoxy groups -OCH3 is 1. The molecule has 0 saturated carbocycles. The second kappa shape index (κ2) is 6.17. The van der Waals surface area contributed by atoms with Crippen LogP contribution in [0.3, 0.4) is 0 Å². The van der Waals surface area contributed by atoms with Crippen molar-refractivity contribution in [2.45, 2.75) is 6.92 Å². The summed E-state index contributed by atoms with van der Waals surface area (Å²) in [5.41, 5.74) is 1.72. The normalized spacial score (nSPS) is 11.5. The van der Waals surface area contributed by atoms with E-state index in [1.807, 2.05) is 4.72 Å². The van der Waals surface area contributed by atoms with E-state index in [9.17, 15) is 13.2 Å². The first-order valence-corrected chi connectivity index (χ1v) is 9.12. The largest absolute Gasteiger partial charge is 0.496 e. The molecule has 0 unspecified atom stereocenters. The predicted molar refractivity (Wildman–Crippen MR) is 90.8 cm³/mol. The summed E-state index contributed by atoms with van der Waals surface area (Å²) in [5, 5.41) is 4.18. The van der Waals surface area contributed by atoms with E-state index in [0.717, 1.165) is 6.26 Å². The van der Waals surface area contributed by atoms with Gasteiger partial charge in [-0.1, -0.05) is 17.3 Å². The van der Waals surface area contributed by atoms with Crippen molar-refractivity contribution in [3.63, 3.8) is 0 Å². The Morgan fingerprint density at radius 3 is 2.68 bits per heavy atom. The maximum absolute atomic E-state index is 12.4. The summed E-state index contributed by atoms with van der Waals surface area (Å²) in [5.74, 6) is -0.225. The quantitative estimate of drug-likeness (QED) is 0.755. The smallest absolute Gasteiger partial charge is 0.265 e.